The minimum atomic E-state index is -1.11. The third-order valence-corrected chi connectivity index (χ3v) is 4.43. The summed E-state index contributed by atoms with van der Waals surface area (Å²) in [4.78, 5) is 36.6. The molecule has 160 valence electrons. The van der Waals surface area contributed by atoms with Crippen LogP contribution in [0.15, 0.2) is 60.7 Å². The molecule has 2 rings (SSSR count). The van der Waals surface area contributed by atoms with Gasteiger partial charge in [0, 0.05) is 6.42 Å². The molecule has 7 heteroatoms. The Labute approximate surface area is 176 Å². The van der Waals surface area contributed by atoms with Gasteiger partial charge in [-0.1, -0.05) is 74.5 Å². The number of ether oxygens (including phenoxy) is 1. The molecule has 2 amide bonds. The van der Waals surface area contributed by atoms with Gasteiger partial charge in [-0.05, 0) is 23.5 Å². The number of nitrogens with one attached hydrogen (secondary N) is 2. The van der Waals surface area contributed by atoms with E-state index in [2.05, 4.69) is 10.6 Å². The minimum Gasteiger partial charge on any atom is -0.480 e. The highest BCUT2D eigenvalue weighted by Crippen LogP contribution is 2.08. The van der Waals surface area contributed by atoms with Gasteiger partial charge in [-0.15, -0.1) is 0 Å². The van der Waals surface area contributed by atoms with Crippen LogP contribution in [0.5, 0.6) is 0 Å². The average molecular weight is 412 g/mol. The predicted molar refractivity (Wildman–Crippen MR) is 113 cm³/mol. The lowest BCUT2D eigenvalue weighted by atomic mass is 10.0. The predicted octanol–water partition coefficient (Wildman–Crippen LogP) is 3.14. The SMILES string of the molecule is CC(C)C[C@H](NC(=O)[C@@H](Cc1ccccc1)NC(=O)OCc1ccccc1)C(=O)O. The van der Waals surface area contributed by atoms with E-state index >= 15 is 0 Å². The Hall–Kier alpha value is -3.35. The van der Waals surface area contributed by atoms with Crippen molar-refractivity contribution in [1.82, 2.24) is 10.6 Å². The lowest BCUT2D eigenvalue weighted by Crippen LogP contribution is -2.52. The summed E-state index contributed by atoms with van der Waals surface area (Å²) in [6.45, 7) is 3.82. The first-order chi connectivity index (χ1) is 14.3. The van der Waals surface area contributed by atoms with Gasteiger partial charge in [-0.2, -0.15) is 0 Å². The Kier molecular flexibility index (Phi) is 8.87. The summed E-state index contributed by atoms with van der Waals surface area (Å²) in [5.74, 6) is -1.59. The molecule has 0 heterocycles. The number of hydrogen-bond donors (Lipinski definition) is 3. The smallest absolute Gasteiger partial charge is 0.408 e. The molecule has 0 aromatic heterocycles. The van der Waals surface area contributed by atoms with E-state index in [1.807, 2.05) is 74.5 Å². The van der Waals surface area contributed by atoms with Crippen molar-refractivity contribution in [2.24, 2.45) is 5.92 Å². The second-order valence-corrected chi connectivity index (χ2v) is 7.48. The summed E-state index contributed by atoms with van der Waals surface area (Å²) in [5.41, 5.74) is 1.65. The van der Waals surface area contributed by atoms with E-state index in [4.69, 9.17) is 4.74 Å². The molecule has 2 aromatic carbocycles. The molecule has 0 aliphatic heterocycles. The van der Waals surface area contributed by atoms with Crippen LogP contribution in [-0.4, -0.2) is 35.2 Å². The van der Waals surface area contributed by atoms with Crippen LogP contribution in [-0.2, 0) is 27.4 Å². The fourth-order valence-electron chi connectivity index (χ4n) is 2.93. The lowest BCUT2D eigenvalue weighted by molar-refractivity contribution is -0.142. The van der Waals surface area contributed by atoms with E-state index in [0.717, 1.165) is 11.1 Å². The zero-order valence-electron chi connectivity index (χ0n) is 17.2. The van der Waals surface area contributed by atoms with Gasteiger partial charge in [-0.25, -0.2) is 9.59 Å². The molecule has 0 aliphatic rings. The van der Waals surface area contributed by atoms with Crippen molar-refractivity contribution < 1.29 is 24.2 Å². The molecule has 2 atom stereocenters. The summed E-state index contributed by atoms with van der Waals surface area (Å²) in [5, 5.41) is 14.5. The number of carboxylic acids is 1. The Bertz CT molecular complexity index is 824. The molecule has 0 fully saturated rings. The summed E-state index contributed by atoms with van der Waals surface area (Å²) in [7, 11) is 0. The number of carboxylic acid groups (broad SMARTS) is 1. The average Bonchev–Trinajstić information content (AvgIpc) is 2.72. The summed E-state index contributed by atoms with van der Waals surface area (Å²) >= 11 is 0. The quantitative estimate of drug-likeness (QED) is 0.556. The Balaban J connectivity index is 2.06. The molecule has 0 aliphatic carbocycles. The second kappa shape index (κ2) is 11.6. The molecule has 7 nitrogen and oxygen atoms in total. The Morgan fingerprint density at radius 2 is 1.43 bits per heavy atom. The molecule has 0 radical (unpaired) electrons. The third-order valence-electron chi connectivity index (χ3n) is 4.43. The van der Waals surface area contributed by atoms with E-state index in [-0.39, 0.29) is 25.4 Å². The Morgan fingerprint density at radius 3 is 1.97 bits per heavy atom. The van der Waals surface area contributed by atoms with Gasteiger partial charge >= 0.3 is 12.1 Å². The molecule has 0 bridgehead atoms. The van der Waals surface area contributed by atoms with E-state index in [1.165, 1.54) is 0 Å². The molecular weight excluding hydrogens is 384 g/mol. The van der Waals surface area contributed by atoms with Gasteiger partial charge < -0.3 is 20.5 Å². The Morgan fingerprint density at radius 1 is 0.867 bits per heavy atom. The maximum absolute atomic E-state index is 12.8. The number of rotatable bonds is 10. The first kappa shape index (κ1) is 22.9. The van der Waals surface area contributed by atoms with Crippen LogP contribution < -0.4 is 10.6 Å². The topological polar surface area (TPSA) is 105 Å². The van der Waals surface area contributed by atoms with Crippen LogP contribution in [0.1, 0.15) is 31.4 Å². The fraction of sp³-hybridized carbons (Fsp3) is 0.348. The van der Waals surface area contributed by atoms with Gasteiger partial charge in [0.2, 0.25) is 5.91 Å². The molecule has 30 heavy (non-hydrogen) atoms. The highest BCUT2D eigenvalue weighted by atomic mass is 16.5. The number of carbonyl (C=O) groups excluding carboxylic acids is 2. The molecule has 0 spiro atoms. The molecular formula is C23H28N2O5. The summed E-state index contributed by atoms with van der Waals surface area (Å²) in [6, 6.07) is 16.4. The number of aliphatic carboxylic acids is 1. The second-order valence-electron chi connectivity index (χ2n) is 7.48. The maximum atomic E-state index is 12.8. The third kappa shape index (κ3) is 7.95. The number of benzene rings is 2. The zero-order valence-corrected chi connectivity index (χ0v) is 17.2. The van der Waals surface area contributed by atoms with Crippen LogP contribution in [0.4, 0.5) is 4.79 Å². The van der Waals surface area contributed by atoms with Crippen molar-refractivity contribution >= 4 is 18.0 Å². The largest absolute Gasteiger partial charge is 0.480 e. The summed E-state index contributed by atoms with van der Waals surface area (Å²) < 4.78 is 5.22. The summed E-state index contributed by atoms with van der Waals surface area (Å²) in [6.07, 6.45) is -0.246. The molecule has 0 unspecified atom stereocenters. The van der Waals surface area contributed by atoms with Crippen molar-refractivity contribution in [3.8, 4) is 0 Å². The molecule has 3 N–H and O–H groups in total. The van der Waals surface area contributed by atoms with Crippen molar-refractivity contribution in [2.75, 3.05) is 0 Å². The number of alkyl carbamates (subject to hydrolysis) is 1. The fourth-order valence-corrected chi connectivity index (χ4v) is 2.93. The van der Waals surface area contributed by atoms with Gasteiger partial charge in [0.15, 0.2) is 0 Å². The highest BCUT2D eigenvalue weighted by Gasteiger charge is 2.27. The van der Waals surface area contributed by atoms with Gasteiger partial charge in [0.05, 0.1) is 0 Å². The van der Waals surface area contributed by atoms with Crippen LogP contribution in [0.2, 0.25) is 0 Å². The zero-order chi connectivity index (χ0) is 21.9. The van der Waals surface area contributed by atoms with E-state index < -0.39 is 30.1 Å². The van der Waals surface area contributed by atoms with Gasteiger partial charge in [0.1, 0.15) is 18.7 Å². The first-order valence-electron chi connectivity index (χ1n) is 9.89. The van der Waals surface area contributed by atoms with Crippen LogP contribution in [0.3, 0.4) is 0 Å². The monoisotopic (exact) mass is 412 g/mol. The molecule has 0 saturated heterocycles. The van der Waals surface area contributed by atoms with Crippen molar-refractivity contribution in [2.45, 2.75) is 45.4 Å². The first-order valence-corrected chi connectivity index (χ1v) is 9.89. The van der Waals surface area contributed by atoms with Crippen LogP contribution >= 0.6 is 0 Å². The van der Waals surface area contributed by atoms with Crippen molar-refractivity contribution in [3.63, 3.8) is 0 Å². The van der Waals surface area contributed by atoms with E-state index in [0.29, 0.717) is 0 Å². The van der Waals surface area contributed by atoms with Crippen molar-refractivity contribution in [3.05, 3.63) is 71.8 Å². The number of amides is 2. The van der Waals surface area contributed by atoms with Gasteiger partial charge in [0.25, 0.3) is 0 Å². The lowest BCUT2D eigenvalue weighted by Gasteiger charge is -2.22. The molecule has 2 aromatic rings. The van der Waals surface area contributed by atoms with Gasteiger partial charge in [-0.3, -0.25) is 4.79 Å². The van der Waals surface area contributed by atoms with Crippen molar-refractivity contribution in [1.29, 1.82) is 0 Å². The van der Waals surface area contributed by atoms with Crippen LogP contribution in [0, 0.1) is 5.92 Å². The van der Waals surface area contributed by atoms with E-state index in [9.17, 15) is 19.5 Å². The molecule has 0 saturated carbocycles. The van der Waals surface area contributed by atoms with Crippen LogP contribution in [0.25, 0.3) is 0 Å². The maximum Gasteiger partial charge on any atom is 0.408 e. The highest BCUT2D eigenvalue weighted by molar-refractivity contribution is 5.89. The normalized spacial score (nSPS) is 12.6. The minimum absolute atomic E-state index is 0.0669. The van der Waals surface area contributed by atoms with E-state index in [1.54, 1.807) is 0 Å². The number of hydrogen-bond acceptors (Lipinski definition) is 4. The standard InChI is InChI=1S/C23H28N2O5/c1-16(2)13-20(22(27)28)24-21(26)19(14-17-9-5-3-6-10-17)25-23(29)30-15-18-11-7-4-8-12-18/h3-12,16,19-20H,13-15H2,1-2H3,(H,24,26)(H,25,29)(H,27,28)/t19-,20+/m1/s1. The number of carbonyl (C=O) groups is 3.